The molecule has 4 heteroatoms. The molecule has 0 rings (SSSR count). The van der Waals surface area contributed by atoms with Crippen molar-refractivity contribution in [1.82, 2.24) is 15.5 Å². The Morgan fingerprint density at radius 2 is 1.64 bits per heavy atom. The summed E-state index contributed by atoms with van der Waals surface area (Å²) >= 11 is 5.14. The first-order valence-corrected chi connectivity index (χ1v) is 5.52. The maximum Gasteiger partial charge on any atom is 0.166 e. The summed E-state index contributed by atoms with van der Waals surface area (Å²) in [5.74, 6) is 0.626. The molecule has 0 aromatic carbocycles. The highest BCUT2D eigenvalue weighted by molar-refractivity contribution is 7.80. The number of nitrogens with zero attached hydrogens (tertiary/aromatic N) is 1. The highest BCUT2D eigenvalue weighted by Gasteiger charge is 2.04. The molecule has 0 radical (unpaired) electrons. The molecule has 0 saturated carbocycles. The number of hydrogen-bond donors (Lipinski definition) is 2. The van der Waals surface area contributed by atoms with Crippen LogP contribution in [0.5, 0.6) is 0 Å². The third-order valence-corrected chi connectivity index (χ3v) is 2.40. The van der Waals surface area contributed by atoms with E-state index >= 15 is 0 Å². The number of nitrogens with one attached hydrogen (secondary N) is 2. The second kappa shape index (κ2) is 7.01. The second-order valence-corrected chi connectivity index (χ2v) is 4.71. The summed E-state index contributed by atoms with van der Waals surface area (Å²) in [6.45, 7) is 8.31. The van der Waals surface area contributed by atoms with Crippen molar-refractivity contribution in [2.24, 2.45) is 5.92 Å². The lowest BCUT2D eigenvalue weighted by Crippen LogP contribution is -2.43. The van der Waals surface area contributed by atoms with Crippen molar-refractivity contribution in [2.45, 2.75) is 26.8 Å². The van der Waals surface area contributed by atoms with Gasteiger partial charge in [0.2, 0.25) is 0 Å². The molecule has 3 nitrogen and oxygen atoms in total. The van der Waals surface area contributed by atoms with Gasteiger partial charge < -0.3 is 15.5 Å². The first kappa shape index (κ1) is 13.7. The van der Waals surface area contributed by atoms with Crippen molar-refractivity contribution in [3.8, 4) is 0 Å². The topological polar surface area (TPSA) is 27.3 Å². The smallest absolute Gasteiger partial charge is 0.166 e. The highest BCUT2D eigenvalue weighted by Crippen LogP contribution is 1.89. The van der Waals surface area contributed by atoms with Gasteiger partial charge in [-0.25, -0.2) is 0 Å². The second-order valence-electron chi connectivity index (χ2n) is 4.30. The predicted molar refractivity (Wildman–Crippen MR) is 66.6 cm³/mol. The van der Waals surface area contributed by atoms with Gasteiger partial charge >= 0.3 is 0 Å². The van der Waals surface area contributed by atoms with Crippen LogP contribution in [0.15, 0.2) is 0 Å². The van der Waals surface area contributed by atoms with Crippen molar-refractivity contribution in [3.63, 3.8) is 0 Å². The van der Waals surface area contributed by atoms with Gasteiger partial charge in [-0.2, -0.15) is 0 Å². The van der Waals surface area contributed by atoms with Crippen LogP contribution in [0, 0.1) is 5.92 Å². The summed E-state index contributed by atoms with van der Waals surface area (Å²) in [6, 6.07) is 0.494. The lowest BCUT2D eigenvalue weighted by molar-refractivity contribution is 0.313. The third kappa shape index (κ3) is 7.09. The molecular formula is C10H23N3S. The molecule has 0 bridgehead atoms. The summed E-state index contributed by atoms with van der Waals surface area (Å²) < 4.78 is 0. The van der Waals surface area contributed by atoms with E-state index in [-0.39, 0.29) is 0 Å². The summed E-state index contributed by atoms with van der Waals surface area (Å²) in [4.78, 5) is 2.16. The molecule has 2 N–H and O–H groups in total. The van der Waals surface area contributed by atoms with E-state index in [1.807, 2.05) is 0 Å². The van der Waals surface area contributed by atoms with E-state index in [2.05, 4.69) is 50.4 Å². The number of thiocarbonyl (C=S) groups is 1. The van der Waals surface area contributed by atoms with E-state index in [4.69, 9.17) is 12.2 Å². The quantitative estimate of drug-likeness (QED) is 0.673. The molecule has 84 valence electrons. The molecule has 0 amide bonds. The van der Waals surface area contributed by atoms with Crippen molar-refractivity contribution in [3.05, 3.63) is 0 Å². The maximum absolute atomic E-state index is 5.14. The van der Waals surface area contributed by atoms with E-state index in [0.29, 0.717) is 12.0 Å². The fourth-order valence-corrected chi connectivity index (χ4v) is 0.949. The van der Waals surface area contributed by atoms with Crippen LogP contribution < -0.4 is 10.6 Å². The Morgan fingerprint density at radius 3 is 2.07 bits per heavy atom. The third-order valence-electron chi connectivity index (χ3n) is 2.11. The van der Waals surface area contributed by atoms with Gasteiger partial charge in [0.15, 0.2) is 5.11 Å². The lowest BCUT2D eigenvalue weighted by Gasteiger charge is -2.21. The van der Waals surface area contributed by atoms with Gasteiger partial charge in [0.05, 0.1) is 0 Å². The molecule has 0 saturated heterocycles. The van der Waals surface area contributed by atoms with E-state index in [1.54, 1.807) is 0 Å². The van der Waals surface area contributed by atoms with Gasteiger partial charge in [-0.15, -0.1) is 0 Å². The maximum atomic E-state index is 5.14. The van der Waals surface area contributed by atoms with Crippen LogP contribution in [0.25, 0.3) is 0 Å². The fourth-order valence-electron chi connectivity index (χ4n) is 0.782. The Bertz CT molecular complexity index is 169. The Balaban J connectivity index is 3.54. The van der Waals surface area contributed by atoms with Crippen LogP contribution in [0.4, 0.5) is 0 Å². The minimum atomic E-state index is 0.494. The SMILES string of the molecule is CC(C)CNC(=S)NCC(C)N(C)C. The minimum absolute atomic E-state index is 0.494. The average molecular weight is 217 g/mol. The van der Waals surface area contributed by atoms with Gasteiger partial charge in [0, 0.05) is 19.1 Å². The zero-order valence-corrected chi connectivity index (χ0v) is 10.7. The Kier molecular flexibility index (Phi) is 6.83. The minimum Gasteiger partial charge on any atom is -0.362 e. The highest BCUT2D eigenvalue weighted by atomic mass is 32.1. The Morgan fingerprint density at radius 1 is 1.14 bits per heavy atom. The first-order chi connectivity index (χ1) is 6.43. The number of likely N-dealkylation sites (N-methyl/N-ethyl adjacent to an activating group) is 1. The van der Waals surface area contributed by atoms with E-state index in [1.165, 1.54) is 0 Å². The predicted octanol–water partition coefficient (Wildman–Crippen LogP) is 1.06. The number of rotatable bonds is 5. The van der Waals surface area contributed by atoms with Crippen LogP contribution >= 0.6 is 12.2 Å². The summed E-state index contributed by atoms with van der Waals surface area (Å²) in [5.41, 5.74) is 0. The molecule has 0 heterocycles. The molecule has 0 spiro atoms. The standard InChI is InChI=1S/C10H23N3S/c1-8(2)6-11-10(14)12-7-9(3)13(4)5/h8-9H,6-7H2,1-5H3,(H2,11,12,14). The molecule has 0 aromatic rings. The van der Waals surface area contributed by atoms with Crippen molar-refractivity contribution in [2.75, 3.05) is 27.2 Å². The van der Waals surface area contributed by atoms with Crippen LogP contribution in [0.1, 0.15) is 20.8 Å². The molecule has 1 unspecified atom stereocenters. The van der Waals surface area contributed by atoms with Crippen LogP contribution in [-0.4, -0.2) is 43.2 Å². The lowest BCUT2D eigenvalue weighted by atomic mass is 10.2. The van der Waals surface area contributed by atoms with Crippen LogP contribution in [0.3, 0.4) is 0 Å². The zero-order chi connectivity index (χ0) is 11.1. The van der Waals surface area contributed by atoms with Gasteiger partial charge in [-0.05, 0) is 39.2 Å². The van der Waals surface area contributed by atoms with Crippen molar-refractivity contribution < 1.29 is 0 Å². The van der Waals surface area contributed by atoms with Crippen LogP contribution in [0.2, 0.25) is 0 Å². The molecule has 14 heavy (non-hydrogen) atoms. The molecule has 0 aliphatic rings. The molecule has 0 aliphatic heterocycles. The summed E-state index contributed by atoms with van der Waals surface area (Å²) in [6.07, 6.45) is 0. The van der Waals surface area contributed by atoms with E-state index < -0.39 is 0 Å². The summed E-state index contributed by atoms with van der Waals surface area (Å²) in [5, 5.41) is 7.13. The molecular weight excluding hydrogens is 194 g/mol. The van der Waals surface area contributed by atoms with Crippen molar-refractivity contribution >= 4 is 17.3 Å². The molecule has 0 fully saturated rings. The summed E-state index contributed by atoms with van der Waals surface area (Å²) in [7, 11) is 4.13. The first-order valence-electron chi connectivity index (χ1n) is 5.11. The Labute approximate surface area is 93.2 Å². The van der Waals surface area contributed by atoms with Gasteiger partial charge in [-0.1, -0.05) is 13.8 Å². The zero-order valence-electron chi connectivity index (χ0n) is 9.92. The molecule has 1 atom stereocenters. The van der Waals surface area contributed by atoms with Gasteiger partial charge in [-0.3, -0.25) is 0 Å². The van der Waals surface area contributed by atoms with Gasteiger partial charge in [0.25, 0.3) is 0 Å². The molecule has 0 aromatic heterocycles. The Hall–Kier alpha value is -0.350. The van der Waals surface area contributed by atoms with E-state index in [0.717, 1.165) is 18.2 Å². The van der Waals surface area contributed by atoms with Gasteiger partial charge in [0.1, 0.15) is 0 Å². The van der Waals surface area contributed by atoms with Crippen LogP contribution in [-0.2, 0) is 0 Å². The van der Waals surface area contributed by atoms with Crippen molar-refractivity contribution in [1.29, 1.82) is 0 Å². The molecule has 0 aliphatic carbocycles. The fraction of sp³-hybridized carbons (Fsp3) is 0.900. The number of hydrogen-bond acceptors (Lipinski definition) is 2. The largest absolute Gasteiger partial charge is 0.362 e. The monoisotopic (exact) mass is 217 g/mol. The van der Waals surface area contributed by atoms with E-state index in [9.17, 15) is 0 Å². The normalized spacial score (nSPS) is 13.1. The average Bonchev–Trinajstić information content (AvgIpc) is 2.10.